The quantitative estimate of drug-likeness (QED) is 0.808. The maximum atomic E-state index is 12.0. The number of hydrogen-bond acceptors (Lipinski definition) is 2. The third-order valence-corrected chi connectivity index (χ3v) is 4.08. The Morgan fingerprint density at radius 3 is 2.25 bits per heavy atom. The standard InChI is InChI=1S/C17H28N2O/c1-12(14-6-8-15(18)9-7-14)10-16(20)19-11-13(2)17(3,4)5/h6-9,12-13H,10-11,18H2,1-5H3,(H,19,20). The molecule has 0 saturated carbocycles. The van der Waals surface area contributed by atoms with E-state index in [-0.39, 0.29) is 17.2 Å². The van der Waals surface area contributed by atoms with Gasteiger partial charge in [0.1, 0.15) is 0 Å². The average molecular weight is 276 g/mol. The summed E-state index contributed by atoms with van der Waals surface area (Å²) in [6, 6.07) is 7.74. The van der Waals surface area contributed by atoms with Crippen molar-refractivity contribution in [2.75, 3.05) is 12.3 Å². The van der Waals surface area contributed by atoms with Gasteiger partial charge >= 0.3 is 0 Å². The van der Waals surface area contributed by atoms with Crippen LogP contribution in [0.25, 0.3) is 0 Å². The van der Waals surface area contributed by atoms with Crippen molar-refractivity contribution < 1.29 is 4.79 Å². The monoisotopic (exact) mass is 276 g/mol. The SMILES string of the molecule is CC(CC(=O)NCC(C)C(C)(C)C)c1ccc(N)cc1. The topological polar surface area (TPSA) is 55.1 Å². The van der Waals surface area contributed by atoms with Gasteiger partial charge in [0.25, 0.3) is 0 Å². The fourth-order valence-corrected chi connectivity index (χ4v) is 1.87. The van der Waals surface area contributed by atoms with Crippen LogP contribution in [-0.2, 0) is 4.79 Å². The van der Waals surface area contributed by atoms with Crippen molar-refractivity contribution in [2.24, 2.45) is 11.3 Å². The zero-order valence-corrected chi connectivity index (χ0v) is 13.4. The molecule has 0 radical (unpaired) electrons. The highest BCUT2D eigenvalue weighted by Gasteiger charge is 2.20. The molecule has 0 aliphatic heterocycles. The maximum absolute atomic E-state index is 12.0. The molecule has 3 N–H and O–H groups in total. The van der Waals surface area contributed by atoms with Crippen molar-refractivity contribution in [2.45, 2.75) is 47.0 Å². The van der Waals surface area contributed by atoms with E-state index in [0.717, 1.165) is 17.8 Å². The first-order valence-corrected chi connectivity index (χ1v) is 7.32. The number of hydrogen-bond donors (Lipinski definition) is 2. The number of nitrogen functional groups attached to an aromatic ring is 1. The van der Waals surface area contributed by atoms with Crippen molar-refractivity contribution in [3.63, 3.8) is 0 Å². The van der Waals surface area contributed by atoms with Crippen LogP contribution in [0.3, 0.4) is 0 Å². The summed E-state index contributed by atoms with van der Waals surface area (Å²) in [5.41, 5.74) is 7.79. The Hall–Kier alpha value is -1.51. The van der Waals surface area contributed by atoms with Crippen molar-refractivity contribution >= 4 is 11.6 Å². The Morgan fingerprint density at radius 1 is 1.20 bits per heavy atom. The zero-order valence-electron chi connectivity index (χ0n) is 13.4. The Balaban J connectivity index is 2.44. The van der Waals surface area contributed by atoms with E-state index >= 15 is 0 Å². The lowest BCUT2D eigenvalue weighted by atomic mass is 9.82. The minimum atomic E-state index is 0.116. The van der Waals surface area contributed by atoms with Gasteiger partial charge in [-0.25, -0.2) is 0 Å². The van der Waals surface area contributed by atoms with Crippen LogP contribution < -0.4 is 11.1 Å². The molecule has 1 aromatic carbocycles. The summed E-state index contributed by atoms with van der Waals surface area (Å²) in [6.07, 6.45) is 0.515. The normalized spacial score (nSPS) is 14.7. The number of benzene rings is 1. The highest BCUT2D eigenvalue weighted by atomic mass is 16.1. The number of nitrogens with two attached hydrogens (primary N) is 1. The number of amides is 1. The Labute approximate surface area is 122 Å². The van der Waals surface area contributed by atoms with Gasteiger partial charge in [0.15, 0.2) is 0 Å². The van der Waals surface area contributed by atoms with Gasteiger partial charge in [-0.2, -0.15) is 0 Å². The molecule has 0 aromatic heterocycles. The van der Waals surface area contributed by atoms with Crippen LogP contribution in [0.1, 0.15) is 52.5 Å². The first kappa shape index (κ1) is 16.5. The summed E-state index contributed by atoms with van der Waals surface area (Å²) in [5, 5.41) is 3.04. The maximum Gasteiger partial charge on any atom is 0.220 e. The first-order valence-electron chi connectivity index (χ1n) is 7.32. The molecule has 2 unspecified atom stereocenters. The third kappa shape index (κ3) is 5.24. The molecule has 0 fully saturated rings. The van der Waals surface area contributed by atoms with E-state index in [9.17, 15) is 4.79 Å². The van der Waals surface area contributed by atoms with Gasteiger partial charge in [0, 0.05) is 18.7 Å². The van der Waals surface area contributed by atoms with Crippen LogP contribution in [0.4, 0.5) is 5.69 Å². The van der Waals surface area contributed by atoms with Crippen molar-refractivity contribution in [3.8, 4) is 0 Å². The second kappa shape index (κ2) is 6.78. The smallest absolute Gasteiger partial charge is 0.220 e. The molecule has 1 aromatic rings. The highest BCUT2D eigenvalue weighted by molar-refractivity contribution is 5.76. The molecule has 0 aliphatic carbocycles. The summed E-state index contributed by atoms with van der Waals surface area (Å²) >= 11 is 0. The summed E-state index contributed by atoms with van der Waals surface area (Å²) in [7, 11) is 0. The molecule has 0 spiro atoms. The van der Waals surface area contributed by atoms with Crippen LogP contribution in [0.5, 0.6) is 0 Å². The van der Waals surface area contributed by atoms with Crippen LogP contribution >= 0.6 is 0 Å². The van der Waals surface area contributed by atoms with Gasteiger partial charge in [-0.3, -0.25) is 4.79 Å². The molecule has 3 heteroatoms. The van der Waals surface area contributed by atoms with Crippen LogP contribution in [0, 0.1) is 11.3 Å². The van der Waals surface area contributed by atoms with E-state index in [4.69, 9.17) is 5.73 Å². The number of nitrogens with one attached hydrogen (secondary N) is 1. The number of anilines is 1. The van der Waals surface area contributed by atoms with Gasteiger partial charge in [-0.1, -0.05) is 46.8 Å². The fourth-order valence-electron chi connectivity index (χ4n) is 1.87. The van der Waals surface area contributed by atoms with Crippen LogP contribution in [0.2, 0.25) is 0 Å². The Morgan fingerprint density at radius 2 is 1.75 bits per heavy atom. The van der Waals surface area contributed by atoms with E-state index < -0.39 is 0 Å². The molecule has 112 valence electrons. The molecule has 0 bridgehead atoms. The van der Waals surface area contributed by atoms with Crippen molar-refractivity contribution in [3.05, 3.63) is 29.8 Å². The lowest BCUT2D eigenvalue weighted by Gasteiger charge is -2.27. The zero-order chi connectivity index (χ0) is 15.3. The minimum absolute atomic E-state index is 0.116. The number of carbonyl (C=O) groups is 1. The largest absolute Gasteiger partial charge is 0.399 e. The van der Waals surface area contributed by atoms with Crippen molar-refractivity contribution in [1.82, 2.24) is 5.32 Å². The average Bonchev–Trinajstić information content (AvgIpc) is 2.35. The molecular weight excluding hydrogens is 248 g/mol. The van der Waals surface area contributed by atoms with E-state index in [1.165, 1.54) is 0 Å². The summed E-state index contributed by atoms with van der Waals surface area (Å²) < 4.78 is 0. The molecule has 1 amide bonds. The molecular formula is C17H28N2O. The molecule has 0 aliphatic rings. The van der Waals surface area contributed by atoms with Crippen LogP contribution in [-0.4, -0.2) is 12.5 Å². The lowest BCUT2D eigenvalue weighted by Crippen LogP contribution is -2.34. The van der Waals surface area contributed by atoms with Gasteiger partial charge in [-0.15, -0.1) is 0 Å². The van der Waals surface area contributed by atoms with Crippen LogP contribution in [0.15, 0.2) is 24.3 Å². The summed E-state index contributed by atoms with van der Waals surface area (Å²) in [6.45, 7) is 11.6. The second-order valence-corrected chi connectivity index (χ2v) is 6.84. The molecule has 3 nitrogen and oxygen atoms in total. The molecule has 1 rings (SSSR count). The van der Waals surface area contributed by atoms with Gasteiger partial charge < -0.3 is 11.1 Å². The van der Waals surface area contributed by atoms with Crippen molar-refractivity contribution in [1.29, 1.82) is 0 Å². The molecule has 0 saturated heterocycles. The predicted molar refractivity (Wildman–Crippen MR) is 85.5 cm³/mol. The predicted octanol–water partition coefficient (Wildman–Crippen LogP) is 3.56. The highest BCUT2D eigenvalue weighted by Crippen LogP contribution is 2.24. The second-order valence-electron chi connectivity index (χ2n) is 6.84. The van der Waals surface area contributed by atoms with E-state index in [0.29, 0.717) is 12.3 Å². The molecule has 2 atom stereocenters. The van der Waals surface area contributed by atoms with E-state index in [1.807, 2.05) is 24.3 Å². The summed E-state index contributed by atoms with van der Waals surface area (Å²) in [4.78, 5) is 12.0. The Bertz CT molecular complexity index is 431. The Kier molecular flexibility index (Phi) is 5.61. The number of carbonyl (C=O) groups excluding carboxylic acids is 1. The molecule has 20 heavy (non-hydrogen) atoms. The van der Waals surface area contributed by atoms with Gasteiger partial charge in [-0.05, 0) is 34.9 Å². The summed E-state index contributed by atoms with van der Waals surface area (Å²) in [5.74, 6) is 0.782. The van der Waals surface area contributed by atoms with E-state index in [1.54, 1.807) is 0 Å². The van der Waals surface area contributed by atoms with E-state index in [2.05, 4.69) is 39.9 Å². The third-order valence-electron chi connectivity index (χ3n) is 4.08. The lowest BCUT2D eigenvalue weighted by molar-refractivity contribution is -0.121. The van der Waals surface area contributed by atoms with Gasteiger partial charge in [0.05, 0.1) is 0 Å². The fraction of sp³-hybridized carbons (Fsp3) is 0.588. The minimum Gasteiger partial charge on any atom is -0.399 e. The molecule has 0 heterocycles. The first-order chi connectivity index (χ1) is 9.20. The van der Waals surface area contributed by atoms with Gasteiger partial charge in [0.2, 0.25) is 5.91 Å². The number of rotatable bonds is 5.